The maximum atomic E-state index is 12.6. The van der Waals surface area contributed by atoms with Gasteiger partial charge >= 0.3 is 0 Å². The summed E-state index contributed by atoms with van der Waals surface area (Å²) >= 11 is 0. The number of morpholine rings is 1. The number of likely N-dealkylation sites (N-methyl/N-ethyl adjacent to an activating group) is 1. The zero-order valence-corrected chi connectivity index (χ0v) is 15.1. The van der Waals surface area contributed by atoms with Gasteiger partial charge in [-0.2, -0.15) is 0 Å². The third-order valence-electron chi connectivity index (χ3n) is 5.21. The molecule has 1 aromatic carbocycles. The van der Waals surface area contributed by atoms with Crippen LogP contribution in [0, 0.1) is 0 Å². The highest BCUT2D eigenvalue weighted by molar-refractivity contribution is 5.94. The molecule has 1 aromatic heterocycles. The summed E-state index contributed by atoms with van der Waals surface area (Å²) < 4.78 is 13.4. The predicted molar refractivity (Wildman–Crippen MR) is 95.6 cm³/mol. The third kappa shape index (κ3) is 3.25. The number of imidazole rings is 1. The van der Waals surface area contributed by atoms with Gasteiger partial charge in [0.2, 0.25) is 0 Å². The molecule has 0 bridgehead atoms. The normalized spacial score (nSPS) is 23.0. The van der Waals surface area contributed by atoms with Gasteiger partial charge in [-0.25, -0.2) is 4.98 Å². The first-order chi connectivity index (χ1) is 12.6. The lowest BCUT2D eigenvalue weighted by Crippen LogP contribution is -2.48. The monoisotopic (exact) mass is 356 g/mol. The van der Waals surface area contributed by atoms with Gasteiger partial charge in [-0.05, 0) is 30.3 Å². The summed E-state index contributed by atoms with van der Waals surface area (Å²) in [5, 5.41) is 3.03. The van der Waals surface area contributed by atoms with Crippen molar-refractivity contribution in [1.82, 2.24) is 19.8 Å². The Hall–Kier alpha value is -2.22. The first-order valence-electron chi connectivity index (χ1n) is 8.89. The standard InChI is InChI=1S/C19H24N4O3/c1-22-5-6-26-17(18(22)16-8-20-12-23(16)2)9-21-19(24)13-3-4-14-10-25-11-15(14)7-13/h3-4,7-8,12,17-18H,5-6,9-11H2,1-2H3,(H,21,24)/t17-,18-/m0/s1. The van der Waals surface area contributed by atoms with E-state index in [9.17, 15) is 4.79 Å². The van der Waals surface area contributed by atoms with Crippen LogP contribution in [0.4, 0.5) is 0 Å². The van der Waals surface area contributed by atoms with E-state index in [-0.39, 0.29) is 18.1 Å². The maximum Gasteiger partial charge on any atom is 0.251 e. The van der Waals surface area contributed by atoms with Gasteiger partial charge in [-0.1, -0.05) is 6.07 Å². The van der Waals surface area contributed by atoms with Crippen molar-refractivity contribution in [2.24, 2.45) is 7.05 Å². The van der Waals surface area contributed by atoms with Crippen molar-refractivity contribution in [2.75, 3.05) is 26.7 Å². The number of aromatic nitrogens is 2. The number of hydrogen-bond donors (Lipinski definition) is 1. The fourth-order valence-corrected chi connectivity index (χ4v) is 3.71. The van der Waals surface area contributed by atoms with E-state index in [0.29, 0.717) is 31.9 Å². The van der Waals surface area contributed by atoms with Crippen molar-refractivity contribution in [2.45, 2.75) is 25.4 Å². The Labute approximate surface area is 152 Å². The number of benzene rings is 1. The van der Waals surface area contributed by atoms with Crippen LogP contribution in [0.15, 0.2) is 30.7 Å². The largest absolute Gasteiger partial charge is 0.373 e. The molecule has 1 fully saturated rings. The molecule has 4 rings (SSSR count). The summed E-state index contributed by atoms with van der Waals surface area (Å²) in [6.07, 6.45) is 3.54. The molecule has 0 radical (unpaired) electrons. The Balaban J connectivity index is 1.45. The Bertz CT molecular complexity index is 804. The molecular weight excluding hydrogens is 332 g/mol. The first kappa shape index (κ1) is 17.2. The predicted octanol–water partition coefficient (Wildman–Crippen LogP) is 1.25. The molecular formula is C19H24N4O3. The van der Waals surface area contributed by atoms with Crippen LogP contribution in [0.5, 0.6) is 0 Å². The molecule has 2 atom stereocenters. The molecule has 1 amide bonds. The van der Waals surface area contributed by atoms with Crippen LogP contribution in [-0.4, -0.2) is 53.2 Å². The molecule has 138 valence electrons. The average molecular weight is 356 g/mol. The van der Waals surface area contributed by atoms with Crippen molar-refractivity contribution in [3.8, 4) is 0 Å². The van der Waals surface area contributed by atoms with Gasteiger partial charge in [0.05, 0.1) is 44.0 Å². The fourth-order valence-electron chi connectivity index (χ4n) is 3.71. The van der Waals surface area contributed by atoms with E-state index in [4.69, 9.17) is 9.47 Å². The Kier molecular flexibility index (Phi) is 4.76. The lowest BCUT2D eigenvalue weighted by Gasteiger charge is -2.39. The van der Waals surface area contributed by atoms with E-state index in [0.717, 1.165) is 23.4 Å². The summed E-state index contributed by atoms with van der Waals surface area (Å²) in [6.45, 7) is 3.17. The van der Waals surface area contributed by atoms with Gasteiger partial charge in [0.1, 0.15) is 0 Å². The second kappa shape index (κ2) is 7.19. The van der Waals surface area contributed by atoms with Gasteiger partial charge < -0.3 is 19.4 Å². The van der Waals surface area contributed by atoms with Gasteiger partial charge in [0.15, 0.2) is 0 Å². The average Bonchev–Trinajstić information content (AvgIpc) is 3.27. The summed E-state index contributed by atoms with van der Waals surface area (Å²) in [5.41, 5.74) is 4.01. The molecule has 0 aliphatic carbocycles. The number of hydrogen-bond acceptors (Lipinski definition) is 5. The van der Waals surface area contributed by atoms with Gasteiger partial charge in [-0.3, -0.25) is 9.69 Å². The maximum absolute atomic E-state index is 12.6. The number of carbonyl (C=O) groups is 1. The number of ether oxygens (including phenoxy) is 2. The highest BCUT2D eigenvalue weighted by atomic mass is 16.5. The fraction of sp³-hybridized carbons (Fsp3) is 0.474. The van der Waals surface area contributed by atoms with E-state index >= 15 is 0 Å². The van der Waals surface area contributed by atoms with Gasteiger partial charge in [0, 0.05) is 31.9 Å². The van der Waals surface area contributed by atoms with Crippen LogP contribution in [0.25, 0.3) is 0 Å². The van der Waals surface area contributed by atoms with Crippen LogP contribution in [-0.2, 0) is 29.7 Å². The molecule has 2 aliphatic heterocycles. The number of carbonyl (C=O) groups excluding carboxylic acids is 1. The SMILES string of the molecule is CN1CCO[C@@H](CNC(=O)c2ccc3c(c2)COC3)[C@@H]1c1cncn1C. The van der Waals surface area contributed by atoms with Crippen LogP contribution < -0.4 is 5.32 Å². The number of amides is 1. The molecule has 2 aromatic rings. The summed E-state index contributed by atoms with van der Waals surface area (Å²) in [4.78, 5) is 19.1. The molecule has 1 saturated heterocycles. The quantitative estimate of drug-likeness (QED) is 0.893. The van der Waals surface area contributed by atoms with Crippen molar-refractivity contribution < 1.29 is 14.3 Å². The zero-order chi connectivity index (χ0) is 18.1. The molecule has 26 heavy (non-hydrogen) atoms. The van der Waals surface area contributed by atoms with Crippen molar-refractivity contribution in [3.05, 3.63) is 53.1 Å². The molecule has 0 unspecified atom stereocenters. The minimum atomic E-state index is -0.120. The number of fused-ring (bicyclic) bond motifs is 1. The lowest BCUT2D eigenvalue weighted by atomic mass is 10.0. The smallest absolute Gasteiger partial charge is 0.251 e. The highest BCUT2D eigenvalue weighted by Crippen LogP contribution is 2.27. The molecule has 1 N–H and O–H groups in total. The molecule has 3 heterocycles. The van der Waals surface area contributed by atoms with E-state index in [1.807, 2.05) is 36.0 Å². The first-order valence-corrected chi connectivity index (χ1v) is 8.89. The van der Waals surface area contributed by atoms with Crippen molar-refractivity contribution >= 4 is 5.91 Å². The van der Waals surface area contributed by atoms with Crippen molar-refractivity contribution in [1.29, 1.82) is 0 Å². The number of nitrogens with zero attached hydrogens (tertiary/aromatic N) is 3. The molecule has 7 heteroatoms. The summed E-state index contributed by atoms with van der Waals surface area (Å²) in [5.74, 6) is -0.0831. The molecule has 0 saturated carbocycles. The second-order valence-corrected chi connectivity index (χ2v) is 6.95. The van der Waals surface area contributed by atoms with Crippen molar-refractivity contribution in [3.63, 3.8) is 0 Å². The number of aryl methyl sites for hydroxylation is 1. The number of rotatable bonds is 4. The minimum absolute atomic E-state index is 0.0602. The summed E-state index contributed by atoms with van der Waals surface area (Å²) in [6, 6.07) is 5.81. The molecule has 0 spiro atoms. The summed E-state index contributed by atoms with van der Waals surface area (Å²) in [7, 11) is 4.06. The Morgan fingerprint density at radius 1 is 1.31 bits per heavy atom. The van der Waals surface area contributed by atoms with E-state index in [1.165, 1.54) is 0 Å². The highest BCUT2D eigenvalue weighted by Gasteiger charge is 2.33. The van der Waals surface area contributed by atoms with E-state index in [2.05, 4.69) is 22.2 Å². The lowest BCUT2D eigenvalue weighted by molar-refractivity contribution is -0.0626. The van der Waals surface area contributed by atoms with Crippen LogP contribution in [0.1, 0.15) is 33.2 Å². The zero-order valence-electron chi connectivity index (χ0n) is 15.1. The Morgan fingerprint density at radius 2 is 2.15 bits per heavy atom. The van der Waals surface area contributed by atoms with Crippen LogP contribution >= 0.6 is 0 Å². The topological polar surface area (TPSA) is 68.6 Å². The van der Waals surface area contributed by atoms with E-state index < -0.39 is 0 Å². The van der Waals surface area contributed by atoms with Gasteiger partial charge in [-0.15, -0.1) is 0 Å². The second-order valence-electron chi connectivity index (χ2n) is 6.95. The third-order valence-corrected chi connectivity index (χ3v) is 5.21. The van der Waals surface area contributed by atoms with Gasteiger partial charge in [0.25, 0.3) is 5.91 Å². The molecule has 7 nitrogen and oxygen atoms in total. The van der Waals surface area contributed by atoms with E-state index in [1.54, 1.807) is 6.33 Å². The van der Waals surface area contributed by atoms with Crippen LogP contribution in [0.3, 0.4) is 0 Å². The van der Waals surface area contributed by atoms with Crippen LogP contribution in [0.2, 0.25) is 0 Å². The minimum Gasteiger partial charge on any atom is -0.373 e. The number of nitrogens with one attached hydrogen (secondary N) is 1. The molecule has 2 aliphatic rings. The Morgan fingerprint density at radius 3 is 2.96 bits per heavy atom.